The number of rotatable bonds is 4. The molecule has 1 atom stereocenters. The van der Waals surface area contributed by atoms with E-state index in [1.165, 1.54) is 17.3 Å². The average molecular weight is 340 g/mol. The smallest absolute Gasteiger partial charge is 0.244 e. The maximum atomic E-state index is 13.1. The highest BCUT2D eigenvalue weighted by Gasteiger charge is 2.20. The second-order valence-electron chi connectivity index (χ2n) is 4.97. The van der Waals surface area contributed by atoms with Crippen LogP contribution in [0.25, 0.3) is 0 Å². The second-order valence-corrected chi connectivity index (χ2v) is 4.97. The molecule has 0 bridgehead atoms. The van der Waals surface area contributed by atoms with Crippen LogP contribution in [0.5, 0.6) is 0 Å². The maximum Gasteiger partial charge on any atom is 0.244 e. The minimum absolute atomic E-state index is 0. The van der Waals surface area contributed by atoms with Crippen LogP contribution in [0.2, 0.25) is 0 Å². The van der Waals surface area contributed by atoms with Gasteiger partial charge in [-0.05, 0) is 31.0 Å². The van der Waals surface area contributed by atoms with Crippen molar-refractivity contribution in [1.82, 2.24) is 9.97 Å². The van der Waals surface area contributed by atoms with Crippen LogP contribution in [0.4, 0.5) is 14.5 Å². The number of anilines is 1. The van der Waals surface area contributed by atoms with Gasteiger partial charge in [-0.3, -0.25) is 4.79 Å². The van der Waals surface area contributed by atoms with Crippen LogP contribution in [0.3, 0.4) is 0 Å². The quantitative estimate of drug-likeness (QED) is 0.920. The van der Waals surface area contributed by atoms with E-state index in [1.807, 2.05) is 0 Å². The van der Waals surface area contributed by atoms with Crippen molar-refractivity contribution in [3.05, 3.63) is 53.6 Å². The van der Waals surface area contributed by atoms with E-state index in [0.717, 1.165) is 18.2 Å². The van der Waals surface area contributed by atoms with Crippen molar-refractivity contribution >= 4 is 25.1 Å². The lowest BCUT2D eigenvalue weighted by molar-refractivity contribution is -0.119. The summed E-state index contributed by atoms with van der Waals surface area (Å²) in [6, 6.07) is 2.16. The number of benzene rings is 1. The summed E-state index contributed by atoms with van der Waals surface area (Å²) in [5, 5.41) is 0. The van der Waals surface area contributed by atoms with E-state index in [9.17, 15) is 13.6 Å². The van der Waals surface area contributed by atoms with Gasteiger partial charge in [0, 0.05) is 13.1 Å². The zero-order chi connectivity index (χ0) is 16.3. The van der Waals surface area contributed by atoms with Gasteiger partial charge in [0.15, 0.2) is 0 Å². The molecule has 1 heterocycles. The minimum atomic E-state index is -0.924. The molecule has 1 amide bonds. The first-order chi connectivity index (χ1) is 10.4. The van der Waals surface area contributed by atoms with Crippen molar-refractivity contribution in [1.29, 1.82) is 0 Å². The van der Waals surface area contributed by atoms with Crippen LogP contribution in [0.15, 0.2) is 30.6 Å². The van der Waals surface area contributed by atoms with Gasteiger partial charge in [-0.1, -0.05) is 0 Å². The molecule has 0 aliphatic rings. The molecule has 2 aromatic rings. The molecule has 0 saturated heterocycles. The molecular formula is C15H18F2N4OS. The van der Waals surface area contributed by atoms with E-state index >= 15 is 0 Å². The van der Waals surface area contributed by atoms with E-state index in [2.05, 4.69) is 9.97 Å². The first-order valence-corrected chi connectivity index (χ1v) is 6.63. The van der Waals surface area contributed by atoms with Gasteiger partial charge >= 0.3 is 0 Å². The number of likely N-dealkylation sites (N-methyl/N-ethyl adjacent to an activating group) is 1. The summed E-state index contributed by atoms with van der Waals surface area (Å²) in [6.45, 7) is 1.73. The molecule has 0 unspecified atom stereocenters. The van der Waals surface area contributed by atoms with E-state index in [0.29, 0.717) is 17.1 Å². The van der Waals surface area contributed by atoms with Gasteiger partial charge in [0.05, 0.1) is 24.1 Å². The van der Waals surface area contributed by atoms with Gasteiger partial charge in [-0.25, -0.2) is 18.7 Å². The Hall–Kier alpha value is -2.06. The zero-order valence-corrected chi connectivity index (χ0v) is 13.8. The monoisotopic (exact) mass is 340 g/mol. The number of hydrogen-bond acceptors (Lipinski definition) is 4. The molecule has 0 aliphatic carbocycles. The Labute approximate surface area is 140 Å². The third kappa shape index (κ3) is 4.97. The SMILES string of the molecule is Cc1ncc(N(C)C(=O)[C@@H](N)Cc2cc(F)cc(F)c2)cn1.S. The van der Waals surface area contributed by atoms with Crippen LogP contribution in [-0.2, 0) is 11.2 Å². The molecule has 0 fully saturated rings. The Kier molecular flexibility index (Phi) is 6.59. The Morgan fingerprint density at radius 3 is 2.26 bits per heavy atom. The number of halogens is 2. The number of hydrogen-bond donors (Lipinski definition) is 1. The number of nitrogens with zero attached hydrogens (tertiary/aromatic N) is 3. The van der Waals surface area contributed by atoms with Gasteiger partial charge in [-0.2, -0.15) is 13.5 Å². The molecule has 2 rings (SSSR count). The van der Waals surface area contributed by atoms with Crippen LogP contribution in [0, 0.1) is 18.6 Å². The number of aryl methyl sites for hydroxylation is 1. The first kappa shape index (κ1) is 19.0. The minimum Gasteiger partial charge on any atom is -0.320 e. The highest BCUT2D eigenvalue weighted by Crippen LogP contribution is 2.13. The number of carbonyl (C=O) groups excluding carboxylic acids is 1. The van der Waals surface area contributed by atoms with E-state index in [4.69, 9.17) is 5.73 Å². The summed E-state index contributed by atoms with van der Waals surface area (Å²) >= 11 is 0. The topological polar surface area (TPSA) is 72.1 Å². The average Bonchev–Trinajstić information content (AvgIpc) is 2.45. The van der Waals surface area contributed by atoms with Gasteiger partial charge in [0.2, 0.25) is 5.91 Å². The largest absolute Gasteiger partial charge is 0.320 e. The molecule has 0 spiro atoms. The third-order valence-corrected chi connectivity index (χ3v) is 3.18. The predicted molar refractivity (Wildman–Crippen MR) is 88.6 cm³/mol. The molecular weight excluding hydrogens is 322 g/mol. The third-order valence-electron chi connectivity index (χ3n) is 3.18. The first-order valence-electron chi connectivity index (χ1n) is 6.63. The summed E-state index contributed by atoms with van der Waals surface area (Å²) < 4.78 is 26.3. The fourth-order valence-electron chi connectivity index (χ4n) is 2.00. The Bertz CT molecular complexity index is 661. The fourth-order valence-corrected chi connectivity index (χ4v) is 2.00. The van der Waals surface area contributed by atoms with Crippen molar-refractivity contribution in [2.24, 2.45) is 5.73 Å². The van der Waals surface area contributed by atoms with Crippen LogP contribution < -0.4 is 10.6 Å². The van der Waals surface area contributed by atoms with Crippen molar-refractivity contribution in [2.75, 3.05) is 11.9 Å². The molecule has 23 heavy (non-hydrogen) atoms. The highest BCUT2D eigenvalue weighted by molar-refractivity contribution is 7.59. The fraction of sp³-hybridized carbons (Fsp3) is 0.267. The molecule has 8 heteroatoms. The van der Waals surface area contributed by atoms with Crippen LogP contribution >= 0.6 is 13.5 Å². The standard InChI is InChI=1S/C15H16F2N4O.H2S/c1-9-19-7-13(8-20-9)21(2)15(22)14(18)5-10-3-11(16)6-12(17)4-10;/h3-4,6-8,14H,5,18H2,1-2H3;1H2/t14-;/m0./s1. The number of amides is 1. The summed E-state index contributed by atoms with van der Waals surface area (Å²) in [6.07, 6.45) is 3.05. The zero-order valence-electron chi connectivity index (χ0n) is 12.8. The molecule has 0 aliphatic heterocycles. The molecule has 1 aromatic heterocycles. The normalized spacial score (nSPS) is 11.5. The number of aromatic nitrogens is 2. The van der Waals surface area contributed by atoms with Crippen molar-refractivity contribution < 1.29 is 13.6 Å². The van der Waals surface area contributed by atoms with E-state index < -0.39 is 23.6 Å². The lowest BCUT2D eigenvalue weighted by Crippen LogP contribution is -2.43. The summed E-state index contributed by atoms with van der Waals surface area (Å²) in [5.74, 6) is -1.20. The van der Waals surface area contributed by atoms with Crippen LogP contribution in [0.1, 0.15) is 11.4 Å². The molecule has 124 valence electrons. The van der Waals surface area contributed by atoms with Crippen molar-refractivity contribution in [3.63, 3.8) is 0 Å². The lowest BCUT2D eigenvalue weighted by Gasteiger charge is -2.21. The maximum absolute atomic E-state index is 13.1. The van der Waals surface area contributed by atoms with Gasteiger partial charge in [-0.15, -0.1) is 0 Å². The molecule has 0 radical (unpaired) electrons. The Morgan fingerprint density at radius 2 is 1.74 bits per heavy atom. The van der Waals surface area contributed by atoms with Crippen molar-refractivity contribution in [3.8, 4) is 0 Å². The van der Waals surface area contributed by atoms with Crippen molar-refractivity contribution in [2.45, 2.75) is 19.4 Å². The lowest BCUT2D eigenvalue weighted by atomic mass is 10.1. The highest BCUT2D eigenvalue weighted by atomic mass is 32.1. The number of carbonyl (C=O) groups is 1. The summed E-state index contributed by atoms with van der Waals surface area (Å²) in [4.78, 5) is 21.6. The van der Waals surface area contributed by atoms with Crippen LogP contribution in [-0.4, -0.2) is 29.0 Å². The summed E-state index contributed by atoms with van der Waals surface area (Å²) in [5.41, 5.74) is 6.66. The predicted octanol–water partition coefficient (Wildman–Crippen LogP) is 1.71. The van der Waals surface area contributed by atoms with E-state index in [-0.39, 0.29) is 19.9 Å². The molecule has 1 aromatic carbocycles. The second kappa shape index (κ2) is 7.98. The van der Waals surface area contributed by atoms with Gasteiger partial charge in [0.25, 0.3) is 0 Å². The van der Waals surface area contributed by atoms with Gasteiger partial charge in [0.1, 0.15) is 17.5 Å². The Morgan fingerprint density at radius 1 is 1.22 bits per heavy atom. The Balaban J connectivity index is 0.00000264. The van der Waals surface area contributed by atoms with Gasteiger partial charge < -0.3 is 10.6 Å². The molecule has 2 N–H and O–H groups in total. The summed E-state index contributed by atoms with van der Waals surface area (Å²) in [7, 11) is 1.54. The number of nitrogens with two attached hydrogens (primary N) is 1. The molecule has 5 nitrogen and oxygen atoms in total. The molecule has 0 saturated carbocycles. The van der Waals surface area contributed by atoms with E-state index in [1.54, 1.807) is 14.0 Å².